The summed E-state index contributed by atoms with van der Waals surface area (Å²) in [7, 11) is 0. The van der Waals surface area contributed by atoms with Gasteiger partial charge in [0.1, 0.15) is 0 Å². The Labute approximate surface area is 157 Å². The first-order valence-corrected chi connectivity index (χ1v) is 11.4. The van der Waals surface area contributed by atoms with Crippen molar-refractivity contribution in [1.82, 2.24) is 0 Å². The summed E-state index contributed by atoms with van der Waals surface area (Å²) in [5, 5.41) is 8.64. The van der Waals surface area contributed by atoms with Gasteiger partial charge in [-0.05, 0) is 61.9 Å². The number of carbonyl (C=O) groups is 1. The number of hydrogen-bond donors (Lipinski definition) is 1. The van der Waals surface area contributed by atoms with E-state index >= 15 is 0 Å². The summed E-state index contributed by atoms with van der Waals surface area (Å²) < 4.78 is 11.8. The van der Waals surface area contributed by atoms with Crippen LogP contribution in [-0.4, -0.2) is 48.0 Å². The molecule has 0 aliphatic carbocycles. The minimum absolute atomic E-state index is 0.204. The van der Waals surface area contributed by atoms with Gasteiger partial charge in [-0.2, -0.15) is 11.8 Å². The topological polar surface area (TPSA) is 55.8 Å². The smallest absolute Gasteiger partial charge is 0.303 e. The van der Waals surface area contributed by atoms with Crippen LogP contribution in [0.3, 0.4) is 0 Å². The summed E-state index contributed by atoms with van der Waals surface area (Å²) in [5.41, 5.74) is 0. The van der Waals surface area contributed by atoms with Gasteiger partial charge in [-0.25, -0.2) is 0 Å². The second-order valence-corrected chi connectivity index (χ2v) is 8.70. The normalized spacial score (nSPS) is 27.9. The Hall–Kier alpha value is -0.260. The number of thioether (sulfide) groups is 1. The van der Waals surface area contributed by atoms with E-state index in [1.165, 1.54) is 56.5 Å². The number of hydrogen-bond acceptors (Lipinski definition) is 4. The first-order chi connectivity index (χ1) is 12.2. The lowest BCUT2D eigenvalue weighted by Gasteiger charge is -2.28. The van der Waals surface area contributed by atoms with Crippen LogP contribution in [0.15, 0.2) is 0 Å². The molecule has 0 spiro atoms. The van der Waals surface area contributed by atoms with Crippen LogP contribution < -0.4 is 0 Å². The number of carboxylic acid groups (broad SMARTS) is 1. The van der Waals surface area contributed by atoms with E-state index in [9.17, 15) is 4.79 Å². The van der Waals surface area contributed by atoms with Gasteiger partial charge >= 0.3 is 5.97 Å². The van der Waals surface area contributed by atoms with Crippen molar-refractivity contribution in [2.45, 2.75) is 83.3 Å². The fraction of sp³-hybridized carbons (Fsp3) is 0.950. The third kappa shape index (κ3) is 7.48. The molecule has 0 aromatic rings. The number of carboxylic acids is 1. The van der Waals surface area contributed by atoms with Crippen LogP contribution in [0.1, 0.15) is 71.1 Å². The molecule has 0 aromatic carbocycles. The second kappa shape index (κ2) is 12.2. The molecule has 2 aliphatic heterocycles. The van der Waals surface area contributed by atoms with Crippen LogP contribution in [-0.2, 0) is 14.3 Å². The Kier molecular flexibility index (Phi) is 10.3. The molecule has 0 amide bonds. The molecule has 4 nitrogen and oxygen atoms in total. The van der Waals surface area contributed by atoms with E-state index in [4.69, 9.17) is 14.6 Å². The molecule has 0 unspecified atom stereocenters. The van der Waals surface area contributed by atoms with Crippen LogP contribution in [0.2, 0.25) is 0 Å². The van der Waals surface area contributed by atoms with Crippen LogP contribution >= 0.6 is 11.8 Å². The summed E-state index contributed by atoms with van der Waals surface area (Å²) in [5.74, 6) is 3.19. The molecule has 0 saturated carbocycles. The monoisotopic (exact) mass is 372 g/mol. The zero-order chi connectivity index (χ0) is 17.9. The van der Waals surface area contributed by atoms with Crippen LogP contribution in [0.25, 0.3) is 0 Å². The summed E-state index contributed by atoms with van der Waals surface area (Å²) in [4.78, 5) is 10.5. The van der Waals surface area contributed by atoms with E-state index in [1.54, 1.807) is 0 Å². The maximum absolute atomic E-state index is 10.5. The summed E-state index contributed by atoms with van der Waals surface area (Å²) in [6.07, 6.45) is 12.0. The van der Waals surface area contributed by atoms with Gasteiger partial charge in [-0.3, -0.25) is 4.79 Å². The Bertz CT molecular complexity index is 377. The van der Waals surface area contributed by atoms with Gasteiger partial charge in [-0.15, -0.1) is 0 Å². The van der Waals surface area contributed by atoms with E-state index in [-0.39, 0.29) is 6.42 Å². The molecule has 4 atom stereocenters. The third-order valence-corrected chi connectivity index (χ3v) is 6.70. The molecular formula is C20H36O4S. The molecule has 25 heavy (non-hydrogen) atoms. The lowest BCUT2D eigenvalue weighted by molar-refractivity contribution is -0.137. The first kappa shape index (κ1) is 21.0. The van der Waals surface area contributed by atoms with Gasteiger partial charge in [0.25, 0.3) is 0 Å². The molecule has 2 fully saturated rings. The van der Waals surface area contributed by atoms with Crippen LogP contribution in [0.4, 0.5) is 0 Å². The molecular weight excluding hydrogens is 336 g/mol. The molecule has 0 aromatic heterocycles. The van der Waals surface area contributed by atoms with Crippen molar-refractivity contribution in [3.63, 3.8) is 0 Å². The van der Waals surface area contributed by atoms with Crippen LogP contribution in [0, 0.1) is 11.8 Å². The number of aliphatic carboxylic acids is 1. The second-order valence-electron chi connectivity index (χ2n) is 7.48. The number of unbranched alkanes of at least 4 members (excludes halogenated alkanes) is 3. The lowest BCUT2D eigenvalue weighted by atomic mass is 9.76. The highest BCUT2D eigenvalue weighted by atomic mass is 32.2. The maximum atomic E-state index is 10.5. The van der Waals surface area contributed by atoms with Gasteiger partial charge in [0.15, 0.2) is 0 Å². The fourth-order valence-corrected chi connectivity index (χ4v) is 5.32. The van der Waals surface area contributed by atoms with Crippen LogP contribution in [0.5, 0.6) is 0 Å². The van der Waals surface area contributed by atoms with E-state index in [0.717, 1.165) is 13.0 Å². The molecule has 2 rings (SSSR count). The zero-order valence-corrected chi connectivity index (χ0v) is 16.6. The number of ether oxygens (including phenoxy) is 2. The number of fused-ring (bicyclic) bond motifs is 2. The van der Waals surface area contributed by atoms with Crippen molar-refractivity contribution in [3.05, 3.63) is 0 Å². The molecule has 1 N–H and O–H groups in total. The highest BCUT2D eigenvalue weighted by molar-refractivity contribution is 7.99. The number of rotatable bonds is 15. The maximum Gasteiger partial charge on any atom is 0.303 e. The molecule has 2 aliphatic rings. The minimum Gasteiger partial charge on any atom is -0.481 e. The Morgan fingerprint density at radius 3 is 2.52 bits per heavy atom. The van der Waals surface area contributed by atoms with Crippen molar-refractivity contribution in [1.29, 1.82) is 0 Å². The Morgan fingerprint density at radius 1 is 1.04 bits per heavy atom. The summed E-state index contributed by atoms with van der Waals surface area (Å²) >= 11 is 2.12. The van der Waals surface area contributed by atoms with Gasteiger partial charge in [-0.1, -0.05) is 26.2 Å². The van der Waals surface area contributed by atoms with Crippen molar-refractivity contribution in [2.24, 2.45) is 11.8 Å². The third-order valence-electron chi connectivity index (χ3n) is 5.60. The fourth-order valence-electron chi connectivity index (χ4n) is 4.27. The highest BCUT2D eigenvalue weighted by Gasteiger charge is 2.47. The predicted octanol–water partition coefficient (Wildman–Crippen LogP) is 4.76. The molecule has 2 heterocycles. The molecule has 2 saturated heterocycles. The zero-order valence-electron chi connectivity index (χ0n) is 15.8. The predicted molar refractivity (Wildman–Crippen MR) is 103 cm³/mol. The van der Waals surface area contributed by atoms with E-state index in [1.807, 2.05) is 0 Å². The van der Waals surface area contributed by atoms with E-state index in [0.29, 0.717) is 37.1 Å². The van der Waals surface area contributed by atoms with Gasteiger partial charge in [0, 0.05) is 19.6 Å². The molecule has 5 heteroatoms. The SMILES string of the molecule is CCCCCCSCC[C@@H]1[C@H](CCOCCCC(=O)O)[C@@H]2CC[C@H]1O2. The lowest BCUT2D eigenvalue weighted by Crippen LogP contribution is -2.28. The summed E-state index contributed by atoms with van der Waals surface area (Å²) in [6.45, 7) is 3.57. The minimum atomic E-state index is -0.739. The molecule has 0 radical (unpaired) electrons. The van der Waals surface area contributed by atoms with Crippen molar-refractivity contribution in [3.8, 4) is 0 Å². The van der Waals surface area contributed by atoms with Gasteiger partial charge in [0.05, 0.1) is 12.2 Å². The Morgan fingerprint density at radius 2 is 1.80 bits per heavy atom. The van der Waals surface area contributed by atoms with E-state index in [2.05, 4.69) is 18.7 Å². The van der Waals surface area contributed by atoms with E-state index < -0.39 is 5.97 Å². The van der Waals surface area contributed by atoms with Gasteiger partial charge < -0.3 is 14.6 Å². The van der Waals surface area contributed by atoms with Gasteiger partial charge in [0.2, 0.25) is 0 Å². The first-order valence-electron chi connectivity index (χ1n) is 10.2. The quantitative estimate of drug-likeness (QED) is 0.420. The molecule has 2 bridgehead atoms. The highest BCUT2D eigenvalue weighted by Crippen LogP contribution is 2.46. The average Bonchev–Trinajstić information content (AvgIpc) is 3.19. The molecule has 146 valence electrons. The average molecular weight is 373 g/mol. The van der Waals surface area contributed by atoms with Crippen molar-refractivity contribution >= 4 is 17.7 Å². The standard InChI is InChI=1S/C20H36O4S/c1-2-3-4-5-14-25-15-11-17-16(18-8-9-19(17)24-18)10-13-23-12-6-7-20(21)22/h16-19H,2-15H2,1H3,(H,21,22)/t16-,17+,18-,19+/m0/s1. The van der Waals surface area contributed by atoms with Crippen molar-refractivity contribution < 1.29 is 19.4 Å². The summed E-state index contributed by atoms with van der Waals surface area (Å²) in [6, 6.07) is 0. The largest absolute Gasteiger partial charge is 0.481 e. The van der Waals surface area contributed by atoms with Crippen molar-refractivity contribution in [2.75, 3.05) is 24.7 Å². The Balaban J connectivity index is 1.57.